The molecular formula is C84H163NO5. The summed E-state index contributed by atoms with van der Waals surface area (Å²) in [6, 6.07) is -0.539. The van der Waals surface area contributed by atoms with E-state index in [0.717, 1.165) is 44.9 Å². The summed E-state index contributed by atoms with van der Waals surface area (Å²) >= 11 is 0. The highest BCUT2D eigenvalue weighted by Crippen LogP contribution is 2.20. The first-order valence-electron chi connectivity index (χ1n) is 41.6. The number of allylic oxidation sites excluding steroid dienone is 4. The molecule has 3 N–H and O–H groups in total. The normalized spacial score (nSPS) is 12.5. The molecule has 0 fully saturated rings. The van der Waals surface area contributed by atoms with Crippen LogP contribution in [0.2, 0.25) is 0 Å². The minimum absolute atomic E-state index is 0.0258. The lowest BCUT2D eigenvalue weighted by Gasteiger charge is -2.22. The Kier molecular flexibility index (Phi) is 78.3. The molecule has 0 radical (unpaired) electrons. The van der Waals surface area contributed by atoms with Crippen LogP contribution in [0.3, 0.4) is 0 Å². The van der Waals surface area contributed by atoms with Gasteiger partial charge in [-0.25, -0.2) is 0 Å². The predicted molar refractivity (Wildman–Crippen MR) is 398 cm³/mol. The van der Waals surface area contributed by atoms with Gasteiger partial charge in [-0.3, -0.25) is 9.59 Å². The Labute approximate surface area is 564 Å². The zero-order chi connectivity index (χ0) is 64.9. The van der Waals surface area contributed by atoms with Crippen molar-refractivity contribution in [3.8, 4) is 0 Å². The summed E-state index contributed by atoms with van der Waals surface area (Å²) in [5.41, 5.74) is 0. The van der Waals surface area contributed by atoms with Gasteiger partial charge in [-0.05, 0) is 57.8 Å². The molecule has 0 saturated carbocycles. The number of nitrogens with one attached hydrogen (secondary N) is 1. The highest BCUT2D eigenvalue weighted by molar-refractivity contribution is 5.76. The number of esters is 1. The van der Waals surface area contributed by atoms with Gasteiger partial charge in [-0.1, -0.05) is 430 Å². The molecule has 6 nitrogen and oxygen atoms in total. The van der Waals surface area contributed by atoms with Crippen molar-refractivity contribution in [1.29, 1.82) is 0 Å². The van der Waals surface area contributed by atoms with Crippen molar-refractivity contribution in [2.45, 2.75) is 488 Å². The van der Waals surface area contributed by atoms with Crippen molar-refractivity contribution >= 4 is 11.9 Å². The first-order chi connectivity index (χ1) is 44.5. The second kappa shape index (κ2) is 79.8. The van der Waals surface area contributed by atoms with E-state index in [0.29, 0.717) is 25.9 Å². The molecule has 0 aliphatic heterocycles. The lowest BCUT2D eigenvalue weighted by atomic mass is 10.0. The number of rotatable bonds is 79. The summed E-state index contributed by atoms with van der Waals surface area (Å²) in [5, 5.41) is 23.4. The lowest BCUT2D eigenvalue weighted by Crippen LogP contribution is -2.45. The van der Waals surface area contributed by atoms with Gasteiger partial charge < -0.3 is 20.3 Å². The second-order valence-electron chi connectivity index (χ2n) is 28.8. The van der Waals surface area contributed by atoms with Gasteiger partial charge in [-0.15, -0.1) is 0 Å². The van der Waals surface area contributed by atoms with Gasteiger partial charge in [-0.2, -0.15) is 0 Å². The van der Waals surface area contributed by atoms with Crippen molar-refractivity contribution in [3.63, 3.8) is 0 Å². The molecule has 0 spiro atoms. The number of ether oxygens (including phenoxy) is 1. The number of amides is 1. The number of carbonyl (C=O) groups excluding carboxylic acids is 2. The van der Waals surface area contributed by atoms with E-state index < -0.39 is 12.1 Å². The van der Waals surface area contributed by atoms with E-state index in [1.165, 1.54) is 398 Å². The van der Waals surface area contributed by atoms with Crippen molar-refractivity contribution in [2.75, 3.05) is 13.2 Å². The molecule has 6 heteroatoms. The Morgan fingerprint density at radius 1 is 0.311 bits per heavy atom. The molecule has 2 atom stereocenters. The first kappa shape index (κ1) is 88.3. The third-order valence-corrected chi connectivity index (χ3v) is 19.8. The quantitative estimate of drug-likeness (QED) is 0.0320. The highest BCUT2D eigenvalue weighted by Gasteiger charge is 2.20. The van der Waals surface area contributed by atoms with E-state index in [-0.39, 0.29) is 18.5 Å². The fourth-order valence-corrected chi connectivity index (χ4v) is 13.4. The van der Waals surface area contributed by atoms with Crippen molar-refractivity contribution in [1.82, 2.24) is 5.32 Å². The Morgan fingerprint density at radius 3 is 0.844 bits per heavy atom. The summed E-state index contributed by atoms with van der Waals surface area (Å²) in [7, 11) is 0. The number of unbranched alkanes of at least 4 members (excludes halogenated alkanes) is 64. The van der Waals surface area contributed by atoms with Gasteiger partial charge in [0.05, 0.1) is 25.4 Å². The fourth-order valence-electron chi connectivity index (χ4n) is 13.4. The molecule has 1 amide bonds. The van der Waals surface area contributed by atoms with Crippen molar-refractivity contribution in [3.05, 3.63) is 24.3 Å². The minimum atomic E-state index is -0.662. The molecule has 0 saturated heterocycles. The van der Waals surface area contributed by atoms with Crippen LogP contribution in [0.1, 0.15) is 476 Å². The number of aliphatic hydroxyl groups is 2. The molecule has 0 rings (SSSR count). The van der Waals surface area contributed by atoms with E-state index in [1.807, 2.05) is 0 Å². The summed E-state index contributed by atoms with van der Waals surface area (Å²) < 4.78 is 5.52. The first-order valence-corrected chi connectivity index (χ1v) is 41.6. The van der Waals surface area contributed by atoms with Crippen molar-refractivity contribution in [2.24, 2.45) is 0 Å². The lowest BCUT2D eigenvalue weighted by molar-refractivity contribution is -0.143. The van der Waals surface area contributed by atoms with E-state index in [1.54, 1.807) is 0 Å². The predicted octanol–water partition coefficient (Wildman–Crippen LogP) is 27.6. The third kappa shape index (κ3) is 75.4. The van der Waals surface area contributed by atoms with E-state index in [9.17, 15) is 19.8 Å². The molecule has 0 bridgehead atoms. The monoisotopic (exact) mass is 1270 g/mol. The van der Waals surface area contributed by atoms with E-state index in [2.05, 4.69) is 43.5 Å². The molecule has 534 valence electrons. The van der Waals surface area contributed by atoms with Crippen LogP contribution in [0.15, 0.2) is 24.3 Å². The van der Waals surface area contributed by atoms with E-state index >= 15 is 0 Å². The van der Waals surface area contributed by atoms with Gasteiger partial charge in [0.1, 0.15) is 0 Å². The molecule has 0 aromatic rings. The SMILES string of the molecule is CCCCCCCCCCCCCCCCCCCCC(=O)OCCCCCCCCCCCCCCCCC/C=C\C/C=C\CCCCCCCCCCCCCCCCCCCC(=O)NC(CO)C(O)CCCCCCCCCCCCCCCCCC. The smallest absolute Gasteiger partial charge is 0.305 e. The Bertz CT molecular complexity index is 1410. The number of hydrogen-bond donors (Lipinski definition) is 3. The fraction of sp³-hybridized carbons (Fsp3) is 0.929. The summed E-state index contributed by atoms with van der Waals surface area (Å²) in [6.45, 7) is 5.01. The summed E-state index contributed by atoms with van der Waals surface area (Å²) in [5.74, 6) is -0.00196. The van der Waals surface area contributed by atoms with Crippen LogP contribution in [-0.4, -0.2) is 47.4 Å². The van der Waals surface area contributed by atoms with Gasteiger partial charge in [0.2, 0.25) is 5.91 Å². The molecule has 0 aliphatic carbocycles. The summed E-state index contributed by atoms with van der Waals surface area (Å²) in [4.78, 5) is 24.7. The van der Waals surface area contributed by atoms with Crippen LogP contribution in [0.4, 0.5) is 0 Å². The molecular weight excluding hydrogens is 1100 g/mol. The Morgan fingerprint density at radius 2 is 0.556 bits per heavy atom. The minimum Gasteiger partial charge on any atom is -0.466 e. The Hall–Kier alpha value is -1.66. The maximum absolute atomic E-state index is 12.5. The molecule has 0 aromatic heterocycles. The number of aliphatic hydroxyl groups excluding tert-OH is 2. The number of carbonyl (C=O) groups is 2. The highest BCUT2D eigenvalue weighted by atomic mass is 16.5. The van der Waals surface area contributed by atoms with Crippen LogP contribution < -0.4 is 5.32 Å². The van der Waals surface area contributed by atoms with Crippen LogP contribution in [-0.2, 0) is 14.3 Å². The van der Waals surface area contributed by atoms with Crippen LogP contribution in [0.25, 0.3) is 0 Å². The Balaban J connectivity index is 3.33. The van der Waals surface area contributed by atoms with Crippen LogP contribution in [0.5, 0.6) is 0 Å². The maximum atomic E-state index is 12.5. The topological polar surface area (TPSA) is 95.9 Å². The molecule has 90 heavy (non-hydrogen) atoms. The van der Waals surface area contributed by atoms with Gasteiger partial charge >= 0.3 is 5.97 Å². The van der Waals surface area contributed by atoms with Gasteiger partial charge in [0.15, 0.2) is 0 Å². The molecule has 0 heterocycles. The average Bonchev–Trinajstić information content (AvgIpc) is 3.72. The third-order valence-electron chi connectivity index (χ3n) is 19.8. The second-order valence-corrected chi connectivity index (χ2v) is 28.8. The molecule has 2 unspecified atom stereocenters. The number of hydrogen-bond acceptors (Lipinski definition) is 5. The standard InChI is InChI=1S/C84H163NO5/c1-3-5-7-9-11-13-15-17-19-21-46-50-54-58-62-66-70-74-78-84(89)90-79-75-71-67-63-59-55-51-47-44-42-40-38-36-34-32-30-28-26-24-22-23-25-27-29-31-33-35-37-39-41-43-45-49-53-57-61-65-69-73-77-83(88)85-81(80-86)82(87)76-72-68-64-60-56-52-48-20-18-16-14-12-10-8-6-4-2/h22-23,26,28,81-82,86-87H,3-21,24-25,27,29-80H2,1-2H3,(H,85,88)/b23-22-,28-26-. The average molecular weight is 1270 g/mol. The van der Waals surface area contributed by atoms with E-state index in [4.69, 9.17) is 4.74 Å². The zero-order valence-corrected chi connectivity index (χ0v) is 61.4. The molecule has 0 aliphatic rings. The van der Waals surface area contributed by atoms with Crippen molar-refractivity contribution < 1.29 is 24.5 Å². The van der Waals surface area contributed by atoms with Gasteiger partial charge in [0, 0.05) is 12.8 Å². The van der Waals surface area contributed by atoms with Crippen LogP contribution in [0, 0.1) is 0 Å². The van der Waals surface area contributed by atoms with Crippen LogP contribution >= 0.6 is 0 Å². The van der Waals surface area contributed by atoms with Gasteiger partial charge in [0.25, 0.3) is 0 Å². The maximum Gasteiger partial charge on any atom is 0.305 e. The largest absolute Gasteiger partial charge is 0.466 e. The summed E-state index contributed by atoms with van der Waals surface area (Å²) in [6.07, 6.45) is 103. The zero-order valence-electron chi connectivity index (χ0n) is 61.4. The molecule has 0 aromatic carbocycles.